The van der Waals surface area contributed by atoms with Gasteiger partial charge in [0.15, 0.2) is 11.5 Å². The molecule has 1 aromatic carbocycles. The van der Waals surface area contributed by atoms with E-state index >= 15 is 0 Å². The number of likely N-dealkylation sites (tertiary alicyclic amines) is 1. The van der Waals surface area contributed by atoms with Crippen molar-refractivity contribution in [3.63, 3.8) is 0 Å². The number of ether oxygens (including phenoxy) is 2. The highest BCUT2D eigenvalue weighted by Gasteiger charge is 2.25. The van der Waals surface area contributed by atoms with E-state index in [-0.39, 0.29) is 0 Å². The third-order valence-corrected chi connectivity index (χ3v) is 6.21. The van der Waals surface area contributed by atoms with Crippen LogP contribution in [0.4, 0.5) is 0 Å². The summed E-state index contributed by atoms with van der Waals surface area (Å²) in [6.45, 7) is 8.52. The Hall–Kier alpha value is -2.73. The van der Waals surface area contributed by atoms with Crippen molar-refractivity contribution in [1.29, 1.82) is 0 Å². The van der Waals surface area contributed by atoms with Crippen molar-refractivity contribution in [2.45, 2.75) is 39.2 Å². The zero-order valence-electron chi connectivity index (χ0n) is 19.1. The van der Waals surface area contributed by atoms with Crippen LogP contribution in [0.3, 0.4) is 0 Å². The first-order chi connectivity index (χ1) is 15.1. The van der Waals surface area contributed by atoms with E-state index in [9.17, 15) is 0 Å². The molecule has 0 unspecified atom stereocenters. The topological polar surface area (TPSA) is 49.3 Å². The van der Waals surface area contributed by atoms with Gasteiger partial charge in [0.05, 0.1) is 25.6 Å². The standard InChI is InChI=1S/C25H34N4O2/c1-5-11-26-20-8-12-28(13-9-20)21-15-18(2)25-27-22(10-14-29(25)17-21)19-6-7-23(30-3)24(16-19)31-4/h6-7,10,15-17,20,26H,5,8-9,11-14H2,1-4H3. The number of benzene rings is 1. The van der Waals surface area contributed by atoms with Crippen molar-refractivity contribution in [2.75, 3.05) is 40.4 Å². The van der Waals surface area contributed by atoms with E-state index in [2.05, 4.69) is 47.3 Å². The monoisotopic (exact) mass is 422 g/mol. The molecule has 0 bridgehead atoms. The van der Waals surface area contributed by atoms with E-state index in [1.165, 1.54) is 30.5 Å². The number of allylic oxidation sites excluding steroid dienone is 1. The number of nitrogens with one attached hydrogen (secondary N) is 1. The molecule has 3 aliphatic heterocycles. The Kier molecular flexibility index (Phi) is 6.66. The van der Waals surface area contributed by atoms with E-state index in [1.807, 2.05) is 18.2 Å². The molecule has 0 aromatic heterocycles. The lowest BCUT2D eigenvalue weighted by Crippen LogP contribution is -2.43. The maximum atomic E-state index is 5.46. The first-order valence-electron chi connectivity index (χ1n) is 11.3. The van der Waals surface area contributed by atoms with Crippen molar-refractivity contribution in [2.24, 2.45) is 4.99 Å². The van der Waals surface area contributed by atoms with Crippen molar-refractivity contribution >= 4 is 11.5 Å². The third kappa shape index (κ3) is 4.64. The maximum Gasteiger partial charge on any atom is 0.161 e. The molecule has 0 saturated carbocycles. The van der Waals surface area contributed by atoms with Gasteiger partial charge in [0.1, 0.15) is 5.84 Å². The van der Waals surface area contributed by atoms with Crippen LogP contribution < -0.4 is 14.8 Å². The fraction of sp³-hybridized carbons (Fsp3) is 0.480. The largest absolute Gasteiger partial charge is 0.493 e. The number of piperidine rings is 1. The molecule has 4 rings (SSSR count). The van der Waals surface area contributed by atoms with Crippen molar-refractivity contribution in [3.05, 3.63) is 53.4 Å². The second-order valence-corrected chi connectivity index (χ2v) is 8.34. The molecule has 1 aromatic rings. The summed E-state index contributed by atoms with van der Waals surface area (Å²) in [6.07, 6.45) is 10.3. The summed E-state index contributed by atoms with van der Waals surface area (Å²) in [4.78, 5) is 9.75. The molecule has 3 aliphatic rings. The Morgan fingerprint density at radius 1 is 1.13 bits per heavy atom. The smallest absolute Gasteiger partial charge is 0.161 e. The summed E-state index contributed by atoms with van der Waals surface area (Å²) >= 11 is 0. The Labute approximate surface area is 185 Å². The molecule has 6 nitrogen and oxygen atoms in total. The third-order valence-electron chi connectivity index (χ3n) is 6.21. The fourth-order valence-corrected chi connectivity index (χ4v) is 4.45. The van der Waals surface area contributed by atoms with Gasteiger partial charge in [-0.1, -0.05) is 6.92 Å². The zero-order chi connectivity index (χ0) is 21.8. The predicted molar refractivity (Wildman–Crippen MR) is 126 cm³/mol. The van der Waals surface area contributed by atoms with Crippen molar-refractivity contribution in [3.8, 4) is 11.5 Å². The summed E-state index contributed by atoms with van der Waals surface area (Å²) in [6, 6.07) is 6.61. The van der Waals surface area contributed by atoms with Crippen LogP contribution in [0.1, 0.15) is 38.7 Å². The number of fused-ring (bicyclic) bond motifs is 1. The number of hydrogen-bond acceptors (Lipinski definition) is 6. The van der Waals surface area contributed by atoms with Gasteiger partial charge < -0.3 is 24.6 Å². The molecule has 0 atom stereocenters. The Balaban J connectivity index is 1.47. The quantitative estimate of drug-likeness (QED) is 0.719. The predicted octanol–water partition coefficient (Wildman–Crippen LogP) is 4.02. The number of rotatable bonds is 7. The summed E-state index contributed by atoms with van der Waals surface area (Å²) in [5.74, 6) is 2.47. The molecular weight excluding hydrogens is 388 g/mol. The minimum atomic E-state index is 0.657. The Morgan fingerprint density at radius 3 is 2.61 bits per heavy atom. The second kappa shape index (κ2) is 9.60. The van der Waals surface area contributed by atoms with Crippen LogP contribution in [0, 0.1) is 0 Å². The van der Waals surface area contributed by atoms with Crippen LogP contribution in [0.15, 0.2) is 52.8 Å². The number of aliphatic imine (C=N–C) groups is 1. The normalized spacial score (nSPS) is 19.2. The van der Waals surface area contributed by atoms with Gasteiger partial charge in [-0.15, -0.1) is 0 Å². The summed E-state index contributed by atoms with van der Waals surface area (Å²) in [7, 11) is 3.31. The van der Waals surface area contributed by atoms with Crippen LogP contribution in [0.25, 0.3) is 5.70 Å². The van der Waals surface area contributed by atoms with E-state index < -0.39 is 0 Å². The highest BCUT2D eigenvalue weighted by atomic mass is 16.5. The zero-order valence-corrected chi connectivity index (χ0v) is 19.1. The first kappa shape index (κ1) is 21.5. The number of methoxy groups -OCH3 is 2. The second-order valence-electron chi connectivity index (χ2n) is 8.34. The van der Waals surface area contributed by atoms with Gasteiger partial charge in [-0.25, -0.2) is 4.99 Å². The highest BCUT2D eigenvalue weighted by molar-refractivity contribution is 6.04. The molecule has 166 valence electrons. The Bertz CT molecular complexity index is 923. The first-order valence-corrected chi connectivity index (χ1v) is 11.3. The number of nitrogens with zero attached hydrogens (tertiary/aromatic N) is 3. The molecular formula is C25H34N4O2. The molecule has 1 saturated heterocycles. The van der Waals surface area contributed by atoms with E-state index in [0.29, 0.717) is 6.04 Å². The molecule has 0 spiro atoms. The average Bonchev–Trinajstić information content (AvgIpc) is 2.82. The molecule has 31 heavy (non-hydrogen) atoms. The van der Waals surface area contributed by atoms with Crippen LogP contribution >= 0.6 is 0 Å². The summed E-state index contributed by atoms with van der Waals surface area (Å²) in [5, 5.41) is 3.67. The summed E-state index contributed by atoms with van der Waals surface area (Å²) in [5.41, 5.74) is 4.51. The van der Waals surface area contributed by atoms with Gasteiger partial charge in [-0.05, 0) is 68.7 Å². The Morgan fingerprint density at radius 2 is 1.90 bits per heavy atom. The van der Waals surface area contributed by atoms with E-state index in [1.54, 1.807) is 14.2 Å². The highest BCUT2D eigenvalue weighted by Crippen LogP contribution is 2.33. The number of hydrogen-bond donors (Lipinski definition) is 1. The van der Waals surface area contributed by atoms with Crippen LogP contribution in [-0.2, 0) is 0 Å². The van der Waals surface area contributed by atoms with Crippen LogP contribution in [0.5, 0.6) is 11.5 Å². The van der Waals surface area contributed by atoms with Gasteiger partial charge in [0, 0.05) is 37.4 Å². The molecule has 1 N–H and O–H groups in total. The van der Waals surface area contributed by atoms with Gasteiger partial charge in [-0.3, -0.25) is 0 Å². The van der Waals surface area contributed by atoms with E-state index in [0.717, 1.165) is 54.8 Å². The molecule has 0 aliphatic carbocycles. The van der Waals surface area contributed by atoms with Crippen LogP contribution in [-0.4, -0.2) is 62.1 Å². The van der Waals surface area contributed by atoms with E-state index in [4.69, 9.17) is 14.5 Å². The lowest BCUT2D eigenvalue weighted by atomic mass is 10.0. The number of amidine groups is 1. The minimum Gasteiger partial charge on any atom is -0.493 e. The summed E-state index contributed by atoms with van der Waals surface area (Å²) < 4.78 is 10.8. The van der Waals surface area contributed by atoms with Crippen LogP contribution in [0.2, 0.25) is 0 Å². The minimum absolute atomic E-state index is 0.657. The molecule has 0 radical (unpaired) electrons. The molecule has 1 fully saturated rings. The maximum absolute atomic E-state index is 5.46. The fourth-order valence-electron chi connectivity index (χ4n) is 4.45. The lowest BCUT2D eigenvalue weighted by Gasteiger charge is -2.38. The van der Waals surface area contributed by atoms with Gasteiger partial charge in [0.25, 0.3) is 0 Å². The van der Waals surface area contributed by atoms with Crippen molar-refractivity contribution in [1.82, 2.24) is 15.1 Å². The SMILES string of the molecule is CCCNC1CCN(C2=CN3CC=C(c4ccc(OC)c(OC)c4)N=C3C(C)=C2)CC1. The molecule has 3 heterocycles. The van der Waals surface area contributed by atoms with Gasteiger partial charge in [0.2, 0.25) is 0 Å². The average molecular weight is 423 g/mol. The molecule has 6 heteroatoms. The lowest BCUT2D eigenvalue weighted by molar-refractivity contribution is 0.244. The van der Waals surface area contributed by atoms with Gasteiger partial charge in [-0.2, -0.15) is 0 Å². The van der Waals surface area contributed by atoms with Gasteiger partial charge >= 0.3 is 0 Å². The van der Waals surface area contributed by atoms with Crippen molar-refractivity contribution < 1.29 is 9.47 Å². The molecule has 0 amide bonds.